The summed E-state index contributed by atoms with van der Waals surface area (Å²) in [6.07, 6.45) is 2.07. The second kappa shape index (κ2) is 6.96. The van der Waals surface area contributed by atoms with E-state index in [0.717, 1.165) is 19.4 Å². The van der Waals surface area contributed by atoms with Crippen LogP contribution in [0.1, 0.15) is 30.1 Å². The zero-order valence-electron chi connectivity index (χ0n) is 9.83. The Bertz CT molecular complexity index is 424. The highest BCUT2D eigenvalue weighted by Gasteiger charge is 2.24. The minimum atomic E-state index is -0.140. The van der Waals surface area contributed by atoms with Crippen LogP contribution in [0.25, 0.3) is 0 Å². The predicted octanol–water partition coefficient (Wildman–Crippen LogP) is 3.35. The van der Waals surface area contributed by atoms with Crippen LogP contribution in [0.3, 0.4) is 0 Å². The Morgan fingerprint density at radius 3 is 2.83 bits per heavy atom. The molecule has 2 rings (SSSR count). The second-order valence-electron chi connectivity index (χ2n) is 4.20. The SMILES string of the molecule is CC1NCCCC1NC(=O)c1cc(Cl)sc1Cl.Cl. The van der Waals surface area contributed by atoms with E-state index in [4.69, 9.17) is 23.2 Å². The van der Waals surface area contributed by atoms with E-state index < -0.39 is 0 Å². The van der Waals surface area contributed by atoms with E-state index in [1.54, 1.807) is 6.07 Å². The van der Waals surface area contributed by atoms with E-state index in [0.29, 0.717) is 20.3 Å². The van der Waals surface area contributed by atoms with Gasteiger partial charge in [0.2, 0.25) is 0 Å². The average molecular weight is 330 g/mol. The summed E-state index contributed by atoms with van der Waals surface area (Å²) in [6.45, 7) is 3.09. The van der Waals surface area contributed by atoms with E-state index in [9.17, 15) is 4.79 Å². The van der Waals surface area contributed by atoms with E-state index in [1.807, 2.05) is 0 Å². The summed E-state index contributed by atoms with van der Waals surface area (Å²) in [7, 11) is 0. The van der Waals surface area contributed by atoms with Crippen LogP contribution < -0.4 is 10.6 Å². The summed E-state index contributed by atoms with van der Waals surface area (Å²) in [4.78, 5) is 12.0. The number of nitrogens with one attached hydrogen (secondary N) is 2. The van der Waals surface area contributed by atoms with Gasteiger partial charge in [-0.1, -0.05) is 23.2 Å². The van der Waals surface area contributed by atoms with Crippen molar-refractivity contribution < 1.29 is 4.79 Å². The molecule has 18 heavy (non-hydrogen) atoms. The Morgan fingerprint density at radius 2 is 2.28 bits per heavy atom. The molecule has 2 N–H and O–H groups in total. The number of carbonyl (C=O) groups is 1. The third kappa shape index (κ3) is 3.75. The number of hydrogen-bond donors (Lipinski definition) is 2. The van der Waals surface area contributed by atoms with E-state index in [-0.39, 0.29) is 24.4 Å². The summed E-state index contributed by atoms with van der Waals surface area (Å²) < 4.78 is 0.985. The average Bonchev–Trinajstić information content (AvgIpc) is 2.61. The van der Waals surface area contributed by atoms with Gasteiger partial charge in [-0.2, -0.15) is 0 Å². The van der Waals surface area contributed by atoms with Crippen LogP contribution in [0.15, 0.2) is 6.07 Å². The van der Waals surface area contributed by atoms with Gasteiger partial charge in [0.25, 0.3) is 5.91 Å². The number of amides is 1. The molecule has 1 aromatic rings. The van der Waals surface area contributed by atoms with Gasteiger partial charge in [0.05, 0.1) is 9.90 Å². The minimum Gasteiger partial charge on any atom is -0.348 e. The van der Waals surface area contributed by atoms with Crippen molar-refractivity contribution in [3.05, 3.63) is 20.3 Å². The number of halogens is 3. The topological polar surface area (TPSA) is 41.1 Å². The van der Waals surface area contributed by atoms with E-state index >= 15 is 0 Å². The molecule has 2 heterocycles. The molecule has 2 unspecified atom stereocenters. The van der Waals surface area contributed by atoms with Crippen molar-refractivity contribution >= 4 is 52.9 Å². The molecule has 1 aromatic heterocycles. The molecule has 0 aromatic carbocycles. The predicted molar refractivity (Wildman–Crippen MR) is 79.5 cm³/mol. The molecule has 7 heteroatoms. The molecular formula is C11H15Cl3N2OS. The second-order valence-corrected chi connectivity index (χ2v) is 6.49. The summed E-state index contributed by atoms with van der Waals surface area (Å²) in [5.74, 6) is -0.140. The standard InChI is InChI=1S/C11H14Cl2N2OS.ClH/c1-6-8(3-2-4-14-6)15-11(16)7-5-9(12)17-10(7)13;/h5-6,8,14H,2-4H2,1H3,(H,15,16);1H. The van der Waals surface area contributed by atoms with Gasteiger partial charge in [-0.05, 0) is 32.4 Å². The van der Waals surface area contributed by atoms with Gasteiger partial charge in [-0.3, -0.25) is 4.79 Å². The van der Waals surface area contributed by atoms with Crippen molar-refractivity contribution in [2.75, 3.05) is 6.54 Å². The van der Waals surface area contributed by atoms with Gasteiger partial charge in [-0.25, -0.2) is 0 Å². The summed E-state index contributed by atoms with van der Waals surface area (Å²) in [5.41, 5.74) is 0.472. The quantitative estimate of drug-likeness (QED) is 0.873. The van der Waals surface area contributed by atoms with Gasteiger partial charge in [0, 0.05) is 12.1 Å². The molecule has 1 saturated heterocycles. The molecular weight excluding hydrogens is 315 g/mol. The first-order valence-electron chi connectivity index (χ1n) is 5.57. The molecule has 1 aliphatic heterocycles. The largest absolute Gasteiger partial charge is 0.348 e. The molecule has 1 fully saturated rings. The third-order valence-corrected chi connectivity index (χ3v) is 4.47. The summed E-state index contributed by atoms with van der Waals surface area (Å²) >= 11 is 13.0. The zero-order chi connectivity index (χ0) is 12.4. The van der Waals surface area contributed by atoms with Crippen LogP contribution in [-0.4, -0.2) is 24.5 Å². The molecule has 0 bridgehead atoms. The normalized spacial score (nSPS) is 23.3. The molecule has 0 saturated carbocycles. The monoisotopic (exact) mass is 328 g/mol. The highest BCUT2D eigenvalue weighted by atomic mass is 35.5. The number of piperidine rings is 1. The fourth-order valence-electron chi connectivity index (χ4n) is 1.98. The van der Waals surface area contributed by atoms with Crippen LogP contribution in [0.4, 0.5) is 0 Å². The van der Waals surface area contributed by atoms with Gasteiger partial charge < -0.3 is 10.6 Å². The Hall–Kier alpha value is -0.000000000000000222. The lowest BCUT2D eigenvalue weighted by Crippen LogP contribution is -2.51. The first kappa shape index (κ1) is 16.1. The maximum Gasteiger partial charge on any atom is 0.253 e. The van der Waals surface area contributed by atoms with Gasteiger partial charge in [-0.15, -0.1) is 23.7 Å². The first-order chi connectivity index (χ1) is 8.08. The van der Waals surface area contributed by atoms with Gasteiger partial charge >= 0.3 is 0 Å². The number of carbonyl (C=O) groups excluding carboxylic acids is 1. The fourth-order valence-corrected chi connectivity index (χ4v) is 3.44. The van der Waals surface area contributed by atoms with E-state index in [1.165, 1.54) is 11.3 Å². The van der Waals surface area contributed by atoms with Crippen molar-refractivity contribution in [3.63, 3.8) is 0 Å². The van der Waals surface area contributed by atoms with Crippen molar-refractivity contribution in [2.45, 2.75) is 31.8 Å². The molecule has 0 radical (unpaired) electrons. The molecule has 0 aliphatic carbocycles. The third-order valence-electron chi connectivity index (χ3n) is 2.98. The molecule has 2 atom stereocenters. The number of hydrogen-bond acceptors (Lipinski definition) is 3. The molecule has 1 amide bonds. The van der Waals surface area contributed by atoms with Crippen molar-refractivity contribution in [1.82, 2.24) is 10.6 Å². The highest BCUT2D eigenvalue weighted by molar-refractivity contribution is 7.20. The Kier molecular flexibility index (Phi) is 6.21. The highest BCUT2D eigenvalue weighted by Crippen LogP contribution is 2.31. The maximum absolute atomic E-state index is 12.0. The summed E-state index contributed by atoms with van der Waals surface area (Å²) in [5, 5.41) is 6.34. The molecule has 102 valence electrons. The Labute approximate surface area is 127 Å². The van der Waals surface area contributed by atoms with Gasteiger partial charge in [0.1, 0.15) is 4.34 Å². The van der Waals surface area contributed by atoms with Crippen LogP contribution in [-0.2, 0) is 0 Å². The van der Waals surface area contributed by atoms with Crippen LogP contribution in [0.5, 0.6) is 0 Å². The molecule has 1 aliphatic rings. The van der Waals surface area contributed by atoms with Crippen molar-refractivity contribution in [1.29, 1.82) is 0 Å². The van der Waals surface area contributed by atoms with Crippen molar-refractivity contribution in [2.24, 2.45) is 0 Å². The van der Waals surface area contributed by atoms with Gasteiger partial charge in [0.15, 0.2) is 0 Å². The molecule has 0 spiro atoms. The number of thiophene rings is 1. The van der Waals surface area contributed by atoms with Crippen LogP contribution >= 0.6 is 46.9 Å². The Balaban J connectivity index is 0.00000162. The summed E-state index contributed by atoms with van der Waals surface area (Å²) in [6, 6.07) is 2.07. The Morgan fingerprint density at radius 1 is 1.56 bits per heavy atom. The lowest BCUT2D eigenvalue weighted by Gasteiger charge is -2.30. The molecule has 3 nitrogen and oxygen atoms in total. The van der Waals surface area contributed by atoms with E-state index in [2.05, 4.69) is 17.6 Å². The van der Waals surface area contributed by atoms with Crippen molar-refractivity contribution in [3.8, 4) is 0 Å². The number of rotatable bonds is 2. The smallest absolute Gasteiger partial charge is 0.253 e. The van der Waals surface area contributed by atoms with Crippen LogP contribution in [0, 0.1) is 0 Å². The first-order valence-corrected chi connectivity index (χ1v) is 7.14. The fraction of sp³-hybridized carbons (Fsp3) is 0.545. The van der Waals surface area contributed by atoms with Crippen LogP contribution in [0.2, 0.25) is 8.67 Å². The maximum atomic E-state index is 12.0. The minimum absolute atomic E-state index is 0. The lowest BCUT2D eigenvalue weighted by molar-refractivity contribution is 0.0920. The lowest BCUT2D eigenvalue weighted by atomic mass is 9.99. The zero-order valence-corrected chi connectivity index (χ0v) is 13.0.